The normalized spacial score (nSPS) is 12.2. The number of ether oxygens (including phenoxy) is 2. The number of benzene rings is 1. The molecule has 7 heteroatoms. The summed E-state index contributed by atoms with van der Waals surface area (Å²) < 4.78 is 14.5. The summed E-state index contributed by atoms with van der Waals surface area (Å²) in [6, 6.07) is 5.23. The first-order chi connectivity index (χ1) is 8.81. The van der Waals surface area contributed by atoms with E-state index in [-0.39, 0.29) is 6.04 Å². The van der Waals surface area contributed by atoms with Crippen LogP contribution < -0.4 is 20.7 Å². The van der Waals surface area contributed by atoms with Gasteiger partial charge in [-0.15, -0.1) is 5.10 Å². The maximum Gasteiger partial charge on any atom is 0.127 e. The number of nitrogens with two attached hydrogens (primary N) is 1. The Bertz CT molecular complexity index is 481. The molecule has 0 aliphatic heterocycles. The zero-order valence-corrected chi connectivity index (χ0v) is 10.9. The van der Waals surface area contributed by atoms with Crippen LogP contribution in [0, 0.1) is 0 Å². The van der Waals surface area contributed by atoms with Gasteiger partial charge in [0.1, 0.15) is 11.5 Å². The molecule has 0 saturated carbocycles. The van der Waals surface area contributed by atoms with Crippen LogP contribution in [-0.2, 0) is 0 Å². The fourth-order valence-corrected chi connectivity index (χ4v) is 2.26. The number of nitrogens with zero attached hydrogens (tertiary/aromatic N) is 2. The molecule has 0 saturated heterocycles. The molecule has 0 radical (unpaired) electrons. The van der Waals surface area contributed by atoms with Crippen molar-refractivity contribution in [2.45, 2.75) is 6.04 Å². The van der Waals surface area contributed by atoms with Crippen molar-refractivity contribution in [3.63, 3.8) is 0 Å². The summed E-state index contributed by atoms with van der Waals surface area (Å²) in [6.45, 7) is 0. The highest BCUT2D eigenvalue weighted by Gasteiger charge is 2.23. The molecule has 6 nitrogen and oxygen atoms in total. The number of hydrazine groups is 1. The SMILES string of the molecule is COc1cccc(OC)c1C(NN)c1csnn1. The second-order valence-electron chi connectivity index (χ2n) is 3.51. The fraction of sp³-hybridized carbons (Fsp3) is 0.273. The summed E-state index contributed by atoms with van der Waals surface area (Å²) in [6.07, 6.45) is 0. The zero-order chi connectivity index (χ0) is 13.0. The lowest BCUT2D eigenvalue weighted by molar-refractivity contribution is 0.376. The van der Waals surface area contributed by atoms with Crippen LogP contribution >= 0.6 is 11.5 Å². The average molecular weight is 266 g/mol. The van der Waals surface area contributed by atoms with Gasteiger partial charge in [-0.1, -0.05) is 10.6 Å². The van der Waals surface area contributed by atoms with Crippen molar-refractivity contribution in [3.8, 4) is 11.5 Å². The van der Waals surface area contributed by atoms with E-state index in [0.717, 1.165) is 11.3 Å². The van der Waals surface area contributed by atoms with Crippen molar-refractivity contribution >= 4 is 11.5 Å². The topological polar surface area (TPSA) is 82.3 Å². The number of methoxy groups -OCH3 is 2. The van der Waals surface area contributed by atoms with Gasteiger partial charge in [-0.2, -0.15) is 0 Å². The zero-order valence-electron chi connectivity index (χ0n) is 10.1. The van der Waals surface area contributed by atoms with Crippen LogP contribution in [-0.4, -0.2) is 23.8 Å². The monoisotopic (exact) mass is 266 g/mol. The number of rotatable bonds is 5. The van der Waals surface area contributed by atoms with Crippen LogP contribution in [0.15, 0.2) is 23.6 Å². The Kier molecular flexibility index (Phi) is 4.08. The minimum absolute atomic E-state index is 0.324. The molecule has 0 bridgehead atoms. The highest BCUT2D eigenvalue weighted by Crippen LogP contribution is 2.36. The van der Waals surface area contributed by atoms with Gasteiger partial charge in [0.05, 0.1) is 31.5 Å². The van der Waals surface area contributed by atoms with Crippen LogP contribution in [0.2, 0.25) is 0 Å². The van der Waals surface area contributed by atoms with E-state index in [9.17, 15) is 0 Å². The Balaban J connectivity index is 2.53. The molecular formula is C11H14N4O2S. The molecule has 3 N–H and O–H groups in total. The molecule has 0 spiro atoms. The maximum atomic E-state index is 5.62. The predicted molar refractivity (Wildman–Crippen MR) is 68.6 cm³/mol. The van der Waals surface area contributed by atoms with E-state index < -0.39 is 0 Å². The minimum atomic E-state index is -0.324. The van der Waals surface area contributed by atoms with Crippen molar-refractivity contribution in [3.05, 3.63) is 34.8 Å². The largest absolute Gasteiger partial charge is 0.496 e. The van der Waals surface area contributed by atoms with E-state index in [0.29, 0.717) is 11.5 Å². The van der Waals surface area contributed by atoms with Crippen LogP contribution in [0.25, 0.3) is 0 Å². The Labute approximate surface area is 109 Å². The van der Waals surface area contributed by atoms with E-state index in [1.807, 2.05) is 23.6 Å². The Morgan fingerprint density at radius 2 is 1.94 bits per heavy atom. The molecule has 18 heavy (non-hydrogen) atoms. The van der Waals surface area contributed by atoms with Crippen molar-refractivity contribution in [1.29, 1.82) is 0 Å². The summed E-state index contributed by atoms with van der Waals surface area (Å²) in [5.41, 5.74) is 4.24. The summed E-state index contributed by atoms with van der Waals surface area (Å²) in [5, 5.41) is 5.86. The third kappa shape index (κ3) is 2.28. The third-order valence-electron chi connectivity index (χ3n) is 2.59. The lowest BCUT2D eigenvalue weighted by Gasteiger charge is -2.19. The Hall–Kier alpha value is -1.70. The van der Waals surface area contributed by atoms with E-state index in [1.54, 1.807) is 14.2 Å². The van der Waals surface area contributed by atoms with E-state index >= 15 is 0 Å². The highest BCUT2D eigenvalue weighted by atomic mass is 32.1. The lowest BCUT2D eigenvalue weighted by atomic mass is 10.0. The summed E-state index contributed by atoms with van der Waals surface area (Å²) in [4.78, 5) is 0. The smallest absolute Gasteiger partial charge is 0.127 e. The first-order valence-corrected chi connectivity index (χ1v) is 6.09. The van der Waals surface area contributed by atoms with Crippen molar-refractivity contribution in [2.24, 2.45) is 5.84 Å². The van der Waals surface area contributed by atoms with Gasteiger partial charge < -0.3 is 9.47 Å². The molecule has 2 rings (SSSR count). The van der Waals surface area contributed by atoms with Crippen molar-refractivity contribution < 1.29 is 9.47 Å². The summed E-state index contributed by atoms with van der Waals surface area (Å²) >= 11 is 1.27. The van der Waals surface area contributed by atoms with Crippen LogP contribution in [0.4, 0.5) is 0 Å². The molecule has 1 aromatic carbocycles. The second-order valence-corrected chi connectivity index (χ2v) is 4.12. The molecule has 96 valence electrons. The van der Waals surface area contributed by atoms with Crippen LogP contribution in [0.1, 0.15) is 17.3 Å². The number of hydrogen-bond acceptors (Lipinski definition) is 7. The van der Waals surface area contributed by atoms with Gasteiger partial charge in [0, 0.05) is 5.38 Å². The Morgan fingerprint density at radius 3 is 2.39 bits per heavy atom. The number of nitrogens with one attached hydrogen (secondary N) is 1. The highest BCUT2D eigenvalue weighted by molar-refractivity contribution is 7.03. The molecule has 1 atom stereocenters. The Morgan fingerprint density at radius 1 is 1.28 bits per heavy atom. The molecule has 0 amide bonds. The molecule has 1 unspecified atom stereocenters. The van der Waals surface area contributed by atoms with Crippen LogP contribution in [0.3, 0.4) is 0 Å². The summed E-state index contributed by atoms with van der Waals surface area (Å²) in [7, 11) is 3.20. The molecular weight excluding hydrogens is 252 g/mol. The van der Waals surface area contributed by atoms with E-state index in [1.165, 1.54) is 11.5 Å². The first-order valence-electron chi connectivity index (χ1n) is 5.25. The minimum Gasteiger partial charge on any atom is -0.496 e. The average Bonchev–Trinajstić information content (AvgIpc) is 2.93. The molecule has 0 fully saturated rings. The molecule has 0 aliphatic rings. The molecule has 1 heterocycles. The van der Waals surface area contributed by atoms with Crippen molar-refractivity contribution in [2.75, 3.05) is 14.2 Å². The van der Waals surface area contributed by atoms with Gasteiger partial charge in [0.15, 0.2) is 0 Å². The van der Waals surface area contributed by atoms with Gasteiger partial charge in [-0.05, 0) is 23.7 Å². The second kappa shape index (κ2) is 5.76. The quantitative estimate of drug-likeness (QED) is 0.623. The standard InChI is InChI=1S/C11H14N4O2S/c1-16-8-4-3-5-9(17-2)10(8)11(13-12)7-6-18-15-14-7/h3-6,11,13H,12H2,1-2H3. The van der Waals surface area contributed by atoms with Gasteiger partial charge in [0.25, 0.3) is 0 Å². The first kappa shape index (κ1) is 12.7. The van der Waals surface area contributed by atoms with Crippen molar-refractivity contribution in [1.82, 2.24) is 15.0 Å². The predicted octanol–water partition coefficient (Wildman–Crippen LogP) is 1.11. The number of aromatic nitrogens is 2. The maximum absolute atomic E-state index is 5.62. The third-order valence-corrected chi connectivity index (χ3v) is 3.12. The molecule has 0 aliphatic carbocycles. The van der Waals surface area contributed by atoms with Crippen LogP contribution in [0.5, 0.6) is 11.5 Å². The van der Waals surface area contributed by atoms with E-state index in [4.69, 9.17) is 15.3 Å². The fourth-order valence-electron chi connectivity index (χ4n) is 1.78. The van der Waals surface area contributed by atoms with Gasteiger partial charge >= 0.3 is 0 Å². The summed E-state index contributed by atoms with van der Waals surface area (Å²) in [5.74, 6) is 6.99. The van der Waals surface area contributed by atoms with Gasteiger partial charge in [0.2, 0.25) is 0 Å². The van der Waals surface area contributed by atoms with Gasteiger partial charge in [-0.3, -0.25) is 5.84 Å². The molecule has 1 aromatic heterocycles. The van der Waals surface area contributed by atoms with E-state index in [2.05, 4.69) is 15.0 Å². The lowest BCUT2D eigenvalue weighted by Crippen LogP contribution is -2.29. The number of hydrogen-bond donors (Lipinski definition) is 2. The molecule has 2 aromatic rings. The van der Waals surface area contributed by atoms with Gasteiger partial charge in [-0.25, -0.2) is 5.43 Å².